The Morgan fingerprint density at radius 3 is 2.42 bits per heavy atom. The highest BCUT2D eigenvalue weighted by atomic mass is 28.3. The Bertz CT molecular complexity index is 169. The molecule has 1 atom stereocenters. The maximum Gasteiger partial charge on any atom is 0.132 e. The highest BCUT2D eigenvalue weighted by Crippen LogP contribution is 2.34. The molecule has 0 aliphatic heterocycles. The maximum absolute atomic E-state index is 11.2. The summed E-state index contributed by atoms with van der Waals surface area (Å²) < 4.78 is 0. The van der Waals surface area contributed by atoms with Gasteiger partial charge in [0.1, 0.15) is 5.78 Å². The number of rotatable bonds is 1. The molecule has 0 aromatic rings. The van der Waals surface area contributed by atoms with E-state index >= 15 is 0 Å². The van der Waals surface area contributed by atoms with Crippen LogP contribution in [-0.2, 0) is 4.79 Å². The number of ketones is 1. The summed E-state index contributed by atoms with van der Waals surface area (Å²) in [6.45, 7) is 7.27. The van der Waals surface area contributed by atoms with E-state index in [2.05, 4.69) is 19.6 Å². The zero-order valence-corrected chi connectivity index (χ0v) is 9.52. The minimum atomic E-state index is -0.970. The van der Waals surface area contributed by atoms with Crippen LogP contribution in [-0.4, -0.2) is 13.9 Å². The van der Waals surface area contributed by atoms with E-state index in [1.54, 1.807) is 0 Å². The highest BCUT2D eigenvalue weighted by molar-refractivity contribution is 6.77. The number of hydrogen-bond donors (Lipinski definition) is 0. The first kappa shape index (κ1) is 9.97. The number of Topliss-reactive ketones (excluding diaryl/α,β-unsaturated/α-hetero) is 1. The van der Waals surface area contributed by atoms with Crippen LogP contribution >= 0.6 is 0 Å². The molecular weight excluding hydrogens is 164 g/mol. The molecular formula is C10H20OSi. The van der Waals surface area contributed by atoms with Crippen molar-refractivity contribution in [1.82, 2.24) is 0 Å². The minimum Gasteiger partial charge on any atom is -0.300 e. The molecule has 0 saturated heterocycles. The van der Waals surface area contributed by atoms with Crippen LogP contribution in [0.2, 0.25) is 25.2 Å². The van der Waals surface area contributed by atoms with E-state index < -0.39 is 8.07 Å². The minimum absolute atomic E-state index is 0.496. The summed E-state index contributed by atoms with van der Waals surface area (Å²) in [4.78, 5) is 11.2. The van der Waals surface area contributed by atoms with Crippen molar-refractivity contribution < 1.29 is 4.79 Å². The van der Waals surface area contributed by atoms with E-state index in [0.29, 0.717) is 5.78 Å². The topological polar surface area (TPSA) is 17.1 Å². The summed E-state index contributed by atoms with van der Waals surface area (Å²) in [6.07, 6.45) is 5.33. The molecule has 0 N–H and O–H groups in total. The second kappa shape index (κ2) is 3.73. The Morgan fingerprint density at radius 1 is 1.17 bits per heavy atom. The van der Waals surface area contributed by atoms with Gasteiger partial charge >= 0.3 is 0 Å². The molecule has 2 heteroatoms. The lowest BCUT2D eigenvalue weighted by atomic mass is 10.2. The summed E-state index contributed by atoms with van der Waals surface area (Å²) in [6, 6.07) is 0. The fourth-order valence-electron chi connectivity index (χ4n) is 2.02. The van der Waals surface area contributed by atoms with Crippen LogP contribution in [0.25, 0.3) is 0 Å². The molecule has 0 spiro atoms. The average Bonchev–Trinajstić information content (AvgIpc) is 2.11. The summed E-state index contributed by atoms with van der Waals surface area (Å²) >= 11 is 0. The predicted molar refractivity (Wildman–Crippen MR) is 55.2 cm³/mol. The van der Waals surface area contributed by atoms with E-state index in [1.165, 1.54) is 12.8 Å². The second-order valence-corrected chi connectivity index (χ2v) is 10.6. The van der Waals surface area contributed by atoms with E-state index in [4.69, 9.17) is 0 Å². The summed E-state index contributed by atoms with van der Waals surface area (Å²) in [5.74, 6) is 0.496. The van der Waals surface area contributed by atoms with Crippen molar-refractivity contribution in [3.8, 4) is 0 Å². The smallest absolute Gasteiger partial charge is 0.132 e. The lowest BCUT2D eigenvalue weighted by Gasteiger charge is -2.27. The molecule has 0 radical (unpaired) electrons. The first-order valence-corrected chi connectivity index (χ1v) is 8.59. The molecule has 0 aromatic heterocycles. The molecule has 1 rings (SSSR count). The molecule has 12 heavy (non-hydrogen) atoms. The van der Waals surface area contributed by atoms with Crippen molar-refractivity contribution in [3.63, 3.8) is 0 Å². The van der Waals surface area contributed by atoms with Crippen LogP contribution in [0.1, 0.15) is 32.1 Å². The lowest BCUT2D eigenvalue weighted by Crippen LogP contribution is -2.27. The van der Waals surface area contributed by atoms with Gasteiger partial charge in [-0.1, -0.05) is 26.1 Å². The van der Waals surface area contributed by atoms with Gasteiger partial charge in [0, 0.05) is 20.9 Å². The van der Waals surface area contributed by atoms with Crippen LogP contribution in [0.5, 0.6) is 0 Å². The van der Waals surface area contributed by atoms with Gasteiger partial charge in [0.15, 0.2) is 0 Å². The first-order valence-electron chi connectivity index (χ1n) is 5.02. The molecule has 1 aliphatic carbocycles. The normalized spacial score (nSPS) is 26.9. The maximum atomic E-state index is 11.2. The third-order valence-electron chi connectivity index (χ3n) is 3.00. The van der Waals surface area contributed by atoms with Crippen molar-refractivity contribution in [1.29, 1.82) is 0 Å². The zero-order valence-electron chi connectivity index (χ0n) is 8.52. The van der Waals surface area contributed by atoms with Crippen LogP contribution in [0, 0.1) is 0 Å². The third-order valence-corrected chi connectivity index (χ3v) is 6.03. The predicted octanol–water partition coefficient (Wildman–Crippen LogP) is 3.23. The van der Waals surface area contributed by atoms with Crippen molar-refractivity contribution in [2.45, 2.75) is 57.3 Å². The van der Waals surface area contributed by atoms with Gasteiger partial charge < -0.3 is 0 Å². The van der Waals surface area contributed by atoms with Gasteiger partial charge in [0.2, 0.25) is 0 Å². The lowest BCUT2D eigenvalue weighted by molar-refractivity contribution is -0.118. The third kappa shape index (κ3) is 2.74. The Balaban J connectivity index is 2.52. The monoisotopic (exact) mass is 184 g/mol. The molecule has 0 aromatic carbocycles. The Kier molecular flexibility index (Phi) is 3.10. The van der Waals surface area contributed by atoms with Crippen LogP contribution in [0.3, 0.4) is 0 Å². The largest absolute Gasteiger partial charge is 0.300 e. The van der Waals surface area contributed by atoms with Gasteiger partial charge in [-0.3, -0.25) is 4.79 Å². The molecule has 1 unspecified atom stereocenters. The zero-order chi connectivity index (χ0) is 9.19. The van der Waals surface area contributed by atoms with Gasteiger partial charge in [-0.2, -0.15) is 0 Å². The summed E-state index contributed by atoms with van der Waals surface area (Å²) in [7, 11) is -0.970. The second-order valence-electron chi connectivity index (χ2n) is 5.03. The van der Waals surface area contributed by atoms with Crippen LogP contribution < -0.4 is 0 Å². The van der Waals surface area contributed by atoms with Crippen LogP contribution in [0.4, 0.5) is 0 Å². The van der Waals surface area contributed by atoms with Crippen molar-refractivity contribution in [3.05, 3.63) is 0 Å². The number of carbonyl (C=O) groups is 1. The van der Waals surface area contributed by atoms with E-state index in [9.17, 15) is 4.79 Å². The molecule has 0 heterocycles. The quantitative estimate of drug-likeness (QED) is 0.452. The summed E-state index contributed by atoms with van der Waals surface area (Å²) in [5.41, 5.74) is 0.893. The van der Waals surface area contributed by atoms with Crippen molar-refractivity contribution in [2.75, 3.05) is 0 Å². The Morgan fingerprint density at radius 2 is 1.83 bits per heavy atom. The summed E-state index contributed by atoms with van der Waals surface area (Å²) in [5, 5.41) is 0. The van der Waals surface area contributed by atoms with Gasteiger partial charge in [-0.25, -0.2) is 0 Å². The van der Waals surface area contributed by atoms with Crippen molar-refractivity contribution in [2.24, 2.45) is 0 Å². The standard InChI is InChI=1S/C10H20OSi/c1-12(2,3)10-6-4-5-9(11)7-8-10/h10H,4-8H2,1-3H3. The van der Waals surface area contributed by atoms with Gasteiger partial charge in [0.05, 0.1) is 0 Å². The van der Waals surface area contributed by atoms with E-state index in [1.807, 2.05) is 0 Å². The SMILES string of the molecule is C[Si](C)(C)C1CCCC(=O)CC1. The van der Waals surface area contributed by atoms with E-state index in [0.717, 1.165) is 24.8 Å². The molecule has 70 valence electrons. The molecule has 1 nitrogen and oxygen atoms in total. The number of carbonyl (C=O) groups excluding carboxylic acids is 1. The van der Waals surface area contributed by atoms with Gasteiger partial charge in [0.25, 0.3) is 0 Å². The Labute approximate surface area is 76.6 Å². The van der Waals surface area contributed by atoms with Gasteiger partial charge in [-0.05, 0) is 18.4 Å². The molecule has 0 bridgehead atoms. The fraction of sp³-hybridized carbons (Fsp3) is 0.900. The molecule has 0 amide bonds. The first-order chi connectivity index (χ1) is 5.50. The van der Waals surface area contributed by atoms with Crippen molar-refractivity contribution >= 4 is 13.9 Å². The van der Waals surface area contributed by atoms with Crippen LogP contribution in [0.15, 0.2) is 0 Å². The Hall–Kier alpha value is -0.113. The average molecular weight is 184 g/mol. The number of hydrogen-bond acceptors (Lipinski definition) is 1. The molecule has 1 saturated carbocycles. The molecule has 1 aliphatic rings. The van der Waals surface area contributed by atoms with Gasteiger partial charge in [-0.15, -0.1) is 0 Å². The van der Waals surface area contributed by atoms with E-state index in [-0.39, 0.29) is 0 Å². The highest BCUT2D eigenvalue weighted by Gasteiger charge is 2.28. The fourth-order valence-corrected chi connectivity index (χ4v) is 4.10. The molecule has 1 fully saturated rings.